The lowest BCUT2D eigenvalue weighted by Gasteiger charge is -2.40. The topological polar surface area (TPSA) is 87.3 Å². The molecule has 7 nitrogen and oxygen atoms in total. The van der Waals surface area contributed by atoms with E-state index in [1.165, 1.54) is 0 Å². The molecule has 0 radical (unpaired) electrons. The normalized spacial score (nSPS) is 19.3. The first-order valence-electron chi connectivity index (χ1n) is 10.6. The van der Waals surface area contributed by atoms with Crippen LogP contribution in [0.4, 0.5) is 10.5 Å². The highest BCUT2D eigenvalue weighted by atomic mass is 16.6. The zero-order chi connectivity index (χ0) is 22.0. The zero-order valence-corrected chi connectivity index (χ0v) is 18.1. The Balaban J connectivity index is 1.65. The van der Waals surface area contributed by atoms with E-state index in [-0.39, 0.29) is 11.8 Å². The van der Waals surface area contributed by atoms with Crippen LogP contribution in [-0.4, -0.2) is 45.3 Å². The van der Waals surface area contributed by atoms with Gasteiger partial charge in [0.25, 0.3) is 0 Å². The van der Waals surface area contributed by atoms with Crippen molar-refractivity contribution in [2.24, 2.45) is 0 Å². The highest BCUT2D eigenvalue weighted by molar-refractivity contribution is 5.99. The summed E-state index contributed by atoms with van der Waals surface area (Å²) in [6.07, 6.45) is 2.88. The molecule has 2 unspecified atom stereocenters. The smallest absolute Gasteiger partial charge is 0.410 e. The third-order valence-electron chi connectivity index (χ3n) is 5.46. The van der Waals surface area contributed by atoms with E-state index in [1.807, 2.05) is 69.3 Å². The van der Waals surface area contributed by atoms with Gasteiger partial charge in [0.2, 0.25) is 5.91 Å². The van der Waals surface area contributed by atoms with Crippen molar-refractivity contribution in [3.05, 3.63) is 60.3 Å². The Morgan fingerprint density at radius 2 is 1.94 bits per heavy atom. The lowest BCUT2D eigenvalue weighted by molar-refractivity contribution is -0.123. The van der Waals surface area contributed by atoms with Gasteiger partial charge in [-0.25, -0.2) is 4.79 Å². The molecule has 0 saturated carbocycles. The Labute approximate surface area is 181 Å². The van der Waals surface area contributed by atoms with Gasteiger partial charge in [0.1, 0.15) is 11.6 Å². The molecule has 3 aromatic rings. The first-order valence-corrected chi connectivity index (χ1v) is 10.6. The SMILES string of the molecule is CC(C)(C)OC(=O)N1CCCC(c2ccccc2)C1C(=O)Nc1ccc2[nH]ncc2c1. The molecule has 4 rings (SSSR count). The van der Waals surface area contributed by atoms with Crippen molar-refractivity contribution in [2.75, 3.05) is 11.9 Å². The van der Waals surface area contributed by atoms with Gasteiger partial charge in [-0.15, -0.1) is 0 Å². The van der Waals surface area contributed by atoms with E-state index >= 15 is 0 Å². The number of hydrogen-bond donors (Lipinski definition) is 2. The van der Waals surface area contributed by atoms with Crippen LogP contribution in [0.15, 0.2) is 54.7 Å². The summed E-state index contributed by atoms with van der Waals surface area (Å²) in [4.78, 5) is 28.1. The van der Waals surface area contributed by atoms with Crippen molar-refractivity contribution in [3.63, 3.8) is 0 Å². The predicted molar refractivity (Wildman–Crippen MR) is 120 cm³/mol. The minimum Gasteiger partial charge on any atom is -0.444 e. The number of carbonyl (C=O) groups is 2. The average Bonchev–Trinajstić information content (AvgIpc) is 3.20. The molecule has 162 valence electrons. The Morgan fingerprint density at radius 1 is 1.16 bits per heavy atom. The fraction of sp³-hybridized carbons (Fsp3) is 0.375. The van der Waals surface area contributed by atoms with Crippen molar-refractivity contribution in [3.8, 4) is 0 Å². The number of carbonyl (C=O) groups excluding carboxylic acids is 2. The van der Waals surface area contributed by atoms with Crippen LogP contribution < -0.4 is 5.32 Å². The molecular formula is C24H28N4O3. The van der Waals surface area contributed by atoms with Crippen LogP contribution >= 0.6 is 0 Å². The number of hydrogen-bond acceptors (Lipinski definition) is 4. The first-order chi connectivity index (χ1) is 14.8. The lowest BCUT2D eigenvalue weighted by atomic mass is 9.83. The largest absolute Gasteiger partial charge is 0.444 e. The molecule has 1 aliphatic rings. The summed E-state index contributed by atoms with van der Waals surface area (Å²) >= 11 is 0. The van der Waals surface area contributed by atoms with Crippen LogP contribution in [0.25, 0.3) is 10.9 Å². The molecule has 31 heavy (non-hydrogen) atoms. The van der Waals surface area contributed by atoms with Gasteiger partial charge in [-0.3, -0.25) is 14.8 Å². The van der Waals surface area contributed by atoms with Gasteiger partial charge in [-0.05, 0) is 57.4 Å². The van der Waals surface area contributed by atoms with Gasteiger partial charge in [0.15, 0.2) is 0 Å². The fourth-order valence-corrected chi connectivity index (χ4v) is 4.13. The van der Waals surface area contributed by atoms with Gasteiger partial charge in [0.05, 0.1) is 11.7 Å². The standard InChI is InChI=1S/C24H28N4O3/c1-24(2,3)31-23(30)28-13-7-10-19(16-8-5-4-6-9-16)21(28)22(29)26-18-11-12-20-17(14-18)15-25-27-20/h4-6,8-9,11-12,14-15,19,21H,7,10,13H2,1-3H3,(H,25,27)(H,26,29). The van der Waals surface area contributed by atoms with Crippen LogP contribution in [0.1, 0.15) is 45.1 Å². The summed E-state index contributed by atoms with van der Waals surface area (Å²) in [6, 6.07) is 14.8. The second kappa shape index (κ2) is 8.41. The molecule has 0 aliphatic carbocycles. The van der Waals surface area contributed by atoms with E-state index in [0.29, 0.717) is 12.2 Å². The molecule has 1 aromatic heterocycles. The number of likely N-dealkylation sites (tertiary alicyclic amines) is 1. The fourth-order valence-electron chi connectivity index (χ4n) is 4.13. The highest BCUT2D eigenvalue weighted by Gasteiger charge is 2.41. The summed E-state index contributed by atoms with van der Waals surface area (Å²) in [5.41, 5.74) is 1.97. The summed E-state index contributed by atoms with van der Waals surface area (Å²) in [5, 5.41) is 10.8. The molecule has 0 spiro atoms. The molecule has 2 atom stereocenters. The minimum absolute atomic E-state index is 0.111. The van der Waals surface area contributed by atoms with Crippen LogP contribution in [0.2, 0.25) is 0 Å². The summed E-state index contributed by atoms with van der Waals surface area (Å²) in [5.74, 6) is -0.331. The van der Waals surface area contributed by atoms with Crippen molar-refractivity contribution < 1.29 is 14.3 Å². The van der Waals surface area contributed by atoms with Crippen molar-refractivity contribution in [1.29, 1.82) is 0 Å². The molecule has 1 aliphatic heterocycles. The van der Waals surface area contributed by atoms with Crippen LogP contribution in [0, 0.1) is 0 Å². The lowest BCUT2D eigenvalue weighted by Crippen LogP contribution is -2.54. The number of nitrogens with zero attached hydrogens (tertiary/aromatic N) is 2. The molecule has 0 bridgehead atoms. The number of fused-ring (bicyclic) bond motifs is 1. The number of rotatable bonds is 3. The molecule has 7 heteroatoms. The van der Waals surface area contributed by atoms with Gasteiger partial charge >= 0.3 is 6.09 Å². The van der Waals surface area contributed by atoms with E-state index in [0.717, 1.165) is 29.3 Å². The maximum atomic E-state index is 13.5. The number of ether oxygens (including phenoxy) is 1. The number of benzene rings is 2. The maximum Gasteiger partial charge on any atom is 0.410 e. The second-order valence-corrected chi connectivity index (χ2v) is 8.94. The zero-order valence-electron chi connectivity index (χ0n) is 18.1. The number of piperidine rings is 1. The monoisotopic (exact) mass is 420 g/mol. The van der Waals surface area contributed by atoms with Crippen LogP contribution in [-0.2, 0) is 9.53 Å². The Kier molecular flexibility index (Phi) is 5.67. The Morgan fingerprint density at radius 3 is 2.68 bits per heavy atom. The summed E-state index contributed by atoms with van der Waals surface area (Å²) in [6.45, 7) is 5.98. The van der Waals surface area contributed by atoms with Gasteiger partial charge in [-0.2, -0.15) is 5.10 Å². The molecule has 1 saturated heterocycles. The minimum atomic E-state index is -0.661. The van der Waals surface area contributed by atoms with Crippen molar-refractivity contribution >= 4 is 28.6 Å². The average molecular weight is 421 g/mol. The van der Waals surface area contributed by atoms with E-state index in [2.05, 4.69) is 15.5 Å². The van der Waals surface area contributed by atoms with E-state index in [4.69, 9.17) is 4.74 Å². The number of anilines is 1. The van der Waals surface area contributed by atoms with Crippen molar-refractivity contribution in [1.82, 2.24) is 15.1 Å². The number of aromatic amines is 1. The predicted octanol–water partition coefficient (Wildman–Crippen LogP) is 4.68. The highest BCUT2D eigenvalue weighted by Crippen LogP contribution is 2.34. The van der Waals surface area contributed by atoms with E-state index < -0.39 is 17.7 Å². The van der Waals surface area contributed by atoms with Gasteiger partial charge in [-0.1, -0.05) is 30.3 Å². The Bertz CT molecular complexity index is 1070. The first kappa shape index (κ1) is 20.9. The number of amides is 2. The van der Waals surface area contributed by atoms with Gasteiger partial charge in [0, 0.05) is 23.5 Å². The molecule has 1 fully saturated rings. The maximum absolute atomic E-state index is 13.5. The number of H-pyrrole nitrogens is 1. The molecule has 2 amide bonds. The molecule has 2 aromatic carbocycles. The van der Waals surface area contributed by atoms with Crippen LogP contribution in [0.5, 0.6) is 0 Å². The van der Waals surface area contributed by atoms with Crippen LogP contribution in [0.3, 0.4) is 0 Å². The number of nitrogens with one attached hydrogen (secondary N) is 2. The number of aromatic nitrogens is 2. The third kappa shape index (κ3) is 4.71. The second-order valence-electron chi connectivity index (χ2n) is 8.94. The van der Waals surface area contributed by atoms with Crippen molar-refractivity contribution in [2.45, 2.75) is 51.2 Å². The third-order valence-corrected chi connectivity index (χ3v) is 5.46. The van der Waals surface area contributed by atoms with E-state index in [1.54, 1.807) is 11.1 Å². The molecule has 2 heterocycles. The summed E-state index contributed by atoms with van der Waals surface area (Å²) < 4.78 is 5.63. The Hall–Kier alpha value is -3.35. The van der Waals surface area contributed by atoms with E-state index in [9.17, 15) is 9.59 Å². The summed E-state index contributed by atoms with van der Waals surface area (Å²) in [7, 11) is 0. The molecule has 2 N–H and O–H groups in total. The van der Waals surface area contributed by atoms with Gasteiger partial charge < -0.3 is 10.1 Å². The quantitative estimate of drug-likeness (QED) is 0.644. The molecular weight excluding hydrogens is 392 g/mol.